The van der Waals surface area contributed by atoms with Gasteiger partial charge in [0.1, 0.15) is 0 Å². The standard InChI is InChI=1S/C12H17N3O2/c1-2-9(6-16)13-5-8-3-4-10-11(8)14-7-15-12(10)17/h3,7,9,13,16H,2,4-6H2,1H3,(H,14,15,17)/t9-/m1/s1. The van der Waals surface area contributed by atoms with Crippen LogP contribution in [0.2, 0.25) is 0 Å². The topological polar surface area (TPSA) is 78.0 Å². The number of H-pyrrole nitrogens is 1. The Kier molecular flexibility index (Phi) is 3.71. The summed E-state index contributed by atoms with van der Waals surface area (Å²) in [5.41, 5.74) is 2.50. The number of rotatable bonds is 5. The number of nitrogens with zero attached hydrogens (tertiary/aromatic N) is 1. The van der Waals surface area contributed by atoms with E-state index in [2.05, 4.69) is 15.3 Å². The van der Waals surface area contributed by atoms with Crippen molar-refractivity contribution in [1.29, 1.82) is 0 Å². The maximum absolute atomic E-state index is 11.5. The van der Waals surface area contributed by atoms with Gasteiger partial charge in [0, 0.05) is 18.2 Å². The molecule has 3 N–H and O–H groups in total. The molecule has 1 aromatic heterocycles. The van der Waals surface area contributed by atoms with E-state index in [-0.39, 0.29) is 18.2 Å². The van der Waals surface area contributed by atoms with Gasteiger partial charge in [0.2, 0.25) is 0 Å². The Hall–Kier alpha value is -1.46. The summed E-state index contributed by atoms with van der Waals surface area (Å²) in [5, 5.41) is 12.3. The van der Waals surface area contributed by atoms with Gasteiger partial charge in [-0.3, -0.25) is 4.79 Å². The van der Waals surface area contributed by atoms with Crippen LogP contribution in [0.1, 0.15) is 24.6 Å². The molecule has 1 aromatic rings. The molecular weight excluding hydrogens is 218 g/mol. The number of fused-ring (bicyclic) bond motifs is 1. The van der Waals surface area contributed by atoms with E-state index in [4.69, 9.17) is 5.11 Å². The first kappa shape index (κ1) is 12.0. The van der Waals surface area contributed by atoms with Crippen LogP contribution in [0.3, 0.4) is 0 Å². The maximum Gasteiger partial charge on any atom is 0.254 e. The largest absolute Gasteiger partial charge is 0.395 e. The average molecular weight is 235 g/mol. The van der Waals surface area contributed by atoms with Gasteiger partial charge in [-0.15, -0.1) is 0 Å². The van der Waals surface area contributed by atoms with Crippen LogP contribution in [0.5, 0.6) is 0 Å². The Bertz CT molecular complexity index is 475. The van der Waals surface area contributed by atoms with E-state index in [0.29, 0.717) is 13.0 Å². The van der Waals surface area contributed by atoms with Crippen molar-refractivity contribution in [3.8, 4) is 0 Å². The number of nitrogens with one attached hydrogen (secondary N) is 2. The summed E-state index contributed by atoms with van der Waals surface area (Å²) in [6.45, 7) is 2.79. The predicted molar refractivity (Wildman–Crippen MR) is 65.7 cm³/mol. The number of aliphatic hydroxyl groups excluding tert-OH is 1. The second-order valence-corrected chi connectivity index (χ2v) is 4.16. The van der Waals surface area contributed by atoms with Gasteiger partial charge in [0.25, 0.3) is 5.56 Å². The Morgan fingerprint density at radius 1 is 1.65 bits per heavy atom. The van der Waals surface area contributed by atoms with E-state index >= 15 is 0 Å². The number of allylic oxidation sites excluding steroid dienone is 1. The molecule has 0 aliphatic heterocycles. The third-order valence-corrected chi connectivity index (χ3v) is 3.10. The van der Waals surface area contributed by atoms with E-state index in [1.54, 1.807) is 0 Å². The molecule has 0 amide bonds. The second-order valence-electron chi connectivity index (χ2n) is 4.16. The quantitative estimate of drug-likeness (QED) is 0.675. The summed E-state index contributed by atoms with van der Waals surface area (Å²) in [6, 6.07) is 0.0990. The smallest absolute Gasteiger partial charge is 0.254 e. The molecule has 0 aromatic carbocycles. The van der Waals surface area contributed by atoms with Crippen molar-refractivity contribution in [1.82, 2.24) is 15.3 Å². The lowest BCUT2D eigenvalue weighted by Gasteiger charge is -2.14. The summed E-state index contributed by atoms with van der Waals surface area (Å²) in [6.07, 6.45) is 4.97. The summed E-state index contributed by atoms with van der Waals surface area (Å²) in [5.74, 6) is 0. The van der Waals surface area contributed by atoms with Crippen LogP contribution in [-0.2, 0) is 6.42 Å². The van der Waals surface area contributed by atoms with Crippen molar-refractivity contribution in [2.45, 2.75) is 25.8 Å². The van der Waals surface area contributed by atoms with Crippen molar-refractivity contribution in [3.05, 3.63) is 34.0 Å². The molecule has 0 spiro atoms. The van der Waals surface area contributed by atoms with Crippen LogP contribution in [0.25, 0.3) is 5.57 Å². The van der Waals surface area contributed by atoms with Gasteiger partial charge in [0.15, 0.2) is 0 Å². The van der Waals surface area contributed by atoms with Gasteiger partial charge in [0.05, 0.1) is 18.6 Å². The molecule has 1 aliphatic rings. The first-order chi connectivity index (χ1) is 8.26. The van der Waals surface area contributed by atoms with E-state index in [1.165, 1.54) is 6.33 Å². The number of hydrogen-bond donors (Lipinski definition) is 3. The fraction of sp³-hybridized carbons (Fsp3) is 0.500. The highest BCUT2D eigenvalue weighted by Crippen LogP contribution is 2.21. The third-order valence-electron chi connectivity index (χ3n) is 3.10. The summed E-state index contributed by atoms with van der Waals surface area (Å²) in [7, 11) is 0. The molecule has 0 saturated heterocycles. The molecule has 1 aliphatic carbocycles. The van der Waals surface area contributed by atoms with Crippen LogP contribution >= 0.6 is 0 Å². The van der Waals surface area contributed by atoms with Crippen molar-refractivity contribution in [2.24, 2.45) is 0 Å². The van der Waals surface area contributed by atoms with Gasteiger partial charge in [-0.2, -0.15) is 0 Å². The Balaban J connectivity index is 2.07. The zero-order valence-corrected chi connectivity index (χ0v) is 9.86. The monoisotopic (exact) mass is 235 g/mol. The minimum Gasteiger partial charge on any atom is -0.395 e. The third kappa shape index (κ3) is 2.45. The van der Waals surface area contributed by atoms with E-state index < -0.39 is 0 Å². The minimum atomic E-state index is -0.0598. The number of aromatic amines is 1. The average Bonchev–Trinajstić information content (AvgIpc) is 2.75. The Labute approximate surface area is 99.6 Å². The molecule has 1 heterocycles. The zero-order chi connectivity index (χ0) is 12.3. The van der Waals surface area contributed by atoms with Crippen molar-refractivity contribution in [2.75, 3.05) is 13.2 Å². The van der Waals surface area contributed by atoms with Crippen LogP contribution in [-0.4, -0.2) is 34.3 Å². The maximum atomic E-state index is 11.5. The number of aliphatic hydroxyl groups is 1. The molecule has 2 rings (SSSR count). The van der Waals surface area contributed by atoms with Gasteiger partial charge in [-0.1, -0.05) is 13.0 Å². The van der Waals surface area contributed by atoms with E-state index in [1.807, 2.05) is 13.0 Å². The van der Waals surface area contributed by atoms with Gasteiger partial charge in [-0.05, 0) is 18.4 Å². The lowest BCUT2D eigenvalue weighted by atomic mass is 10.1. The molecule has 92 valence electrons. The minimum absolute atomic E-state index is 0.0598. The first-order valence-corrected chi connectivity index (χ1v) is 5.86. The molecule has 0 fully saturated rings. The fourth-order valence-electron chi connectivity index (χ4n) is 1.96. The molecule has 0 saturated carbocycles. The van der Waals surface area contributed by atoms with Crippen LogP contribution in [0, 0.1) is 0 Å². The Morgan fingerprint density at radius 3 is 3.18 bits per heavy atom. The van der Waals surface area contributed by atoms with Crippen molar-refractivity contribution < 1.29 is 5.11 Å². The highest BCUT2D eigenvalue weighted by molar-refractivity contribution is 5.70. The summed E-state index contributed by atoms with van der Waals surface area (Å²) >= 11 is 0. The Morgan fingerprint density at radius 2 is 2.47 bits per heavy atom. The van der Waals surface area contributed by atoms with Crippen molar-refractivity contribution >= 4 is 5.57 Å². The van der Waals surface area contributed by atoms with Crippen LogP contribution < -0.4 is 10.9 Å². The second kappa shape index (κ2) is 5.25. The first-order valence-electron chi connectivity index (χ1n) is 5.86. The molecule has 0 unspecified atom stereocenters. The van der Waals surface area contributed by atoms with E-state index in [9.17, 15) is 4.79 Å². The van der Waals surface area contributed by atoms with Crippen LogP contribution in [0.4, 0.5) is 0 Å². The molecule has 0 radical (unpaired) electrons. The molecular formula is C12H17N3O2. The highest BCUT2D eigenvalue weighted by Gasteiger charge is 2.18. The molecule has 17 heavy (non-hydrogen) atoms. The fourth-order valence-corrected chi connectivity index (χ4v) is 1.96. The molecule has 1 atom stereocenters. The SMILES string of the molecule is CC[C@H](CO)NCC1=CCc2c1nc[nH]c2=O. The predicted octanol–water partition coefficient (Wildman–Crippen LogP) is 0.0699. The normalized spacial score (nSPS) is 15.5. The summed E-state index contributed by atoms with van der Waals surface area (Å²) in [4.78, 5) is 18.3. The van der Waals surface area contributed by atoms with Crippen molar-refractivity contribution in [3.63, 3.8) is 0 Å². The van der Waals surface area contributed by atoms with Crippen LogP contribution in [0.15, 0.2) is 17.2 Å². The molecule has 0 bridgehead atoms. The van der Waals surface area contributed by atoms with Gasteiger partial charge < -0.3 is 15.4 Å². The molecule has 5 heteroatoms. The number of hydrogen-bond acceptors (Lipinski definition) is 4. The zero-order valence-electron chi connectivity index (χ0n) is 9.86. The lowest BCUT2D eigenvalue weighted by molar-refractivity contribution is 0.243. The lowest BCUT2D eigenvalue weighted by Crippen LogP contribution is -2.33. The molecule has 5 nitrogen and oxygen atoms in total. The van der Waals surface area contributed by atoms with Gasteiger partial charge >= 0.3 is 0 Å². The van der Waals surface area contributed by atoms with Gasteiger partial charge in [-0.25, -0.2) is 4.98 Å². The highest BCUT2D eigenvalue weighted by atomic mass is 16.3. The summed E-state index contributed by atoms with van der Waals surface area (Å²) < 4.78 is 0. The number of aromatic nitrogens is 2. The van der Waals surface area contributed by atoms with E-state index in [0.717, 1.165) is 23.3 Å².